The average molecular weight is 346 g/mol. The molecule has 1 aliphatic carbocycles. The van der Waals surface area contributed by atoms with Crippen molar-refractivity contribution in [2.75, 3.05) is 19.6 Å². The van der Waals surface area contributed by atoms with Gasteiger partial charge in [-0.1, -0.05) is 42.8 Å². The van der Waals surface area contributed by atoms with E-state index in [0.717, 1.165) is 30.4 Å². The van der Waals surface area contributed by atoms with Crippen molar-refractivity contribution in [2.45, 2.75) is 38.2 Å². The predicted octanol–water partition coefficient (Wildman–Crippen LogP) is 4.81. The largest absolute Gasteiger partial charge is 0.388 e. The zero-order chi connectivity index (χ0) is 15.6. The molecule has 1 N–H and O–H groups in total. The van der Waals surface area contributed by atoms with Crippen molar-refractivity contribution in [3.8, 4) is 0 Å². The number of aliphatic hydroxyl groups excluding tert-OH is 1. The molecule has 3 atom stereocenters. The third kappa shape index (κ3) is 3.93. The van der Waals surface area contributed by atoms with Crippen LogP contribution in [0, 0.1) is 11.8 Å². The van der Waals surface area contributed by atoms with Gasteiger partial charge >= 0.3 is 0 Å². The van der Waals surface area contributed by atoms with Crippen LogP contribution < -0.4 is 0 Å². The second kappa shape index (κ2) is 7.86. The molecule has 1 heterocycles. The van der Waals surface area contributed by atoms with E-state index >= 15 is 0 Å². The molecule has 2 nitrogen and oxygen atoms in total. The maximum Gasteiger partial charge on any atom is 0.0802 e. The lowest BCUT2D eigenvalue weighted by Crippen LogP contribution is -2.30. The van der Waals surface area contributed by atoms with Crippen LogP contribution in [-0.4, -0.2) is 29.6 Å². The van der Waals surface area contributed by atoms with Crippen LogP contribution in [0.2, 0.25) is 0 Å². The van der Waals surface area contributed by atoms with Crippen LogP contribution in [0.25, 0.3) is 10.8 Å². The first-order chi connectivity index (χ1) is 11.3. The normalized spacial score (nSPS) is 25.2. The molecule has 24 heavy (non-hydrogen) atoms. The van der Waals surface area contributed by atoms with Crippen molar-refractivity contribution in [3.05, 3.63) is 48.0 Å². The molecule has 0 radical (unpaired) electrons. The summed E-state index contributed by atoms with van der Waals surface area (Å²) in [6.45, 7) is 3.50. The Morgan fingerprint density at radius 3 is 2.67 bits per heavy atom. The fraction of sp³-hybridized carbons (Fsp3) is 0.524. The molecule has 2 aromatic carbocycles. The molecular formula is C21H28ClNO. The van der Waals surface area contributed by atoms with Gasteiger partial charge < -0.3 is 10.0 Å². The summed E-state index contributed by atoms with van der Waals surface area (Å²) in [5.74, 6) is 1.90. The molecule has 0 spiro atoms. The van der Waals surface area contributed by atoms with Gasteiger partial charge in [0, 0.05) is 13.1 Å². The van der Waals surface area contributed by atoms with E-state index in [-0.39, 0.29) is 18.5 Å². The fourth-order valence-electron chi connectivity index (χ4n) is 4.52. The standard InChI is InChI=1S/C21H27NO.ClH/c23-21(20-8-7-18-3-1-2-4-19(18)14-20)10-12-22-11-9-16-5-6-17(13-16)15-22;/h1-4,7-8,14,16-17,21,23H,5-6,9-13,15H2;1H. The Morgan fingerprint density at radius 2 is 1.79 bits per heavy atom. The monoisotopic (exact) mass is 345 g/mol. The van der Waals surface area contributed by atoms with E-state index in [2.05, 4.69) is 47.4 Å². The van der Waals surface area contributed by atoms with Gasteiger partial charge in [-0.3, -0.25) is 0 Å². The van der Waals surface area contributed by atoms with Gasteiger partial charge in [0.1, 0.15) is 0 Å². The third-order valence-electron chi connectivity index (χ3n) is 5.90. The number of hydrogen-bond acceptors (Lipinski definition) is 2. The molecule has 2 fully saturated rings. The van der Waals surface area contributed by atoms with Crippen LogP contribution in [0.5, 0.6) is 0 Å². The second-order valence-corrected chi connectivity index (χ2v) is 7.55. The molecule has 3 heteroatoms. The number of aliphatic hydroxyl groups is 1. The minimum absolute atomic E-state index is 0. The Balaban J connectivity index is 0.00000169. The highest BCUT2D eigenvalue weighted by atomic mass is 35.5. The van der Waals surface area contributed by atoms with Crippen molar-refractivity contribution >= 4 is 23.2 Å². The molecule has 1 saturated heterocycles. The van der Waals surface area contributed by atoms with E-state index in [4.69, 9.17) is 0 Å². The van der Waals surface area contributed by atoms with E-state index in [9.17, 15) is 5.11 Å². The first-order valence-corrected chi connectivity index (χ1v) is 9.17. The maximum absolute atomic E-state index is 10.6. The van der Waals surface area contributed by atoms with Crippen LogP contribution in [0.1, 0.15) is 43.8 Å². The van der Waals surface area contributed by atoms with Crippen LogP contribution >= 0.6 is 12.4 Å². The van der Waals surface area contributed by atoms with Crippen molar-refractivity contribution in [1.82, 2.24) is 4.90 Å². The number of hydrogen-bond donors (Lipinski definition) is 1. The van der Waals surface area contributed by atoms with Crippen LogP contribution in [0.4, 0.5) is 0 Å². The van der Waals surface area contributed by atoms with Crippen molar-refractivity contribution < 1.29 is 5.11 Å². The van der Waals surface area contributed by atoms with Gasteiger partial charge in [0.2, 0.25) is 0 Å². The van der Waals surface area contributed by atoms with Crippen LogP contribution in [0.15, 0.2) is 42.5 Å². The topological polar surface area (TPSA) is 23.5 Å². The van der Waals surface area contributed by atoms with E-state index in [1.54, 1.807) is 0 Å². The Morgan fingerprint density at radius 1 is 1.00 bits per heavy atom. The predicted molar refractivity (Wildman–Crippen MR) is 103 cm³/mol. The highest BCUT2D eigenvalue weighted by Gasteiger charge is 2.29. The third-order valence-corrected chi connectivity index (χ3v) is 5.90. The summed E-state index contributed by atoms with van der Waals surface area (Å²) in [6.07, 6.45) is 6.19. The lowest BCUT2D eigenvalue weighted by molar-refractivity contribution is 0.136. The van der Waals surface area contributed by atoms with Crippen molar-refractivity contribution in [1.29, 1.82) is 0 Å². The number of rotatable bonds is 4. The number of nitrogens with zero attached hydrogens (tertiary/aromatic N) is 1. The fourth-order valence-corrected chi connectivity index (χ4v) is 4.52. The van der Waals surface area contributed by atoms with E-state index in [0.29, 0.717) is 0 Å². The van der Waals surface area contributed by atoms with Gasteiger partial charge in [-0.05, 0) is 66.5 Å². The number of benzene rings is 2. The number of halogens is 1. The van der Waals surface area contributed by atoms with Crippen molar-refractivity contribution in [3.63, 3.8) is 0 Å². The van der Waals surface area contributed by atoms with Crippen LogP contribution in [0.3, 0.4) is 0 Å². The summed E-state index contributed by atoms with van der Waals surface area (Å²) in [6, 6.07) is 14.7. The van der Waals surface area contributed by atoms with E-state index in [1.807, 2.05) is 0 Å². The molecule has 0 amide bonds. The SMILES string of the molecule is Cl.OC(CCN1CCC2CCC(C2)C1)c1ccc2ccccc2c1. The number of fused-ring (bicyclic) bond motifs is 3. The van der Waals surface area contributed by atoms with Gasteiger partial charge in [-0.25, -0.2) is 0 Å². The summed E-state index contributed by atoms with van der Waals surface area (Å²) >= 11 is 0. The molecule has 4 rings (SSSR count). The summed E-state index contributed by atoms with van der Waals surface area (Å²) < 4.78 is 0. The number of likely N-dealkylation sites (tertiary alicyclic amines) is 1. The van der Waals surface area contributed by atoms with E-state index in [1.165, 1.54) is 49.5 Å². The molecule has 3 unspecified atom stereocenters. The van der Waals surface area contributed by atoms with E-state index < -0.39 is 0 Å². The zero-order valence-corrected chi connectivity index (χ0v) is 15.0. The Bertz CT molecular complexity index is 674. The lowest BCUT2D eigenvalue weighted by Gasteiger charge is -2.25. The van der Waals surface area contributed by atoms with Gasteiger partial charge in [0.15, 0.2) is 0 Å². The molecule has 1 saturated carbocycles. The van der Waals surface area contributed by atoms with Gasteiger partial charge in [0.25, 0.3) is 0 Å². The van der Waals surface area contributed by atoms with Gasteiger partial charge in [-0.2, -0.15) is 0 Å². The highest BCUT2D eigenvalue weighted by Crippen LogP contribution is 2.36. The quantitative estimate of drug-likeness (QED) is 0.859. The first kappa shape index (κ1) is 17.7. The van der Waals surface area contributed by atoms with Gasteiger partial charge in [-0.15, -0.1) is 12.4 Å². The minimum Gasteiger partial charge on any atom is -0.388 e. The first-order valence-electron chi connectivity index (χ1n) is 9.17. The summed E-state index contributed by atoms with van der Waals surface area (Å²) in [5.41, 5.74) is 1.06. The molecule has 2 bridgehead atoms. The zero-order valence-electron chi connectivity index (χ0n) is 14.2. The highest BCUT2D eigenvalue weighted by molar-refractivity contribution is 5.85. The molecule has 2 aliphatic rings. The molecular weight excluding hydrogens is 318 g/mol. The Kier molecular flexibility index (Phi) is 5.80. The van der Waals surface area contributed by atoms with Gasteiger partial charge in [0.05, 0.1) is 6.10 Å². The van der Waals surface area contributed by atoms with Crippen molar-refractivity contribution in [2.24, 2.45) is 11.8 Å². The molecule has 130 valence electrons. The molecule has 0 aromatic heterocycles. The Hall–Kier alpha value is -1.09. The summed E-state index contributed by atoms with van der Waals surface area (Å²) in [4.78, 5) is 2.59. The summed E-state index contributed by atoms with van der Waals surface area (Å²) in [5, 5.41) is 13.0. The minimum atomic E-state index is -0.347. The lowest BCUT2D eigenvalue weighted by atomic mass is 10.0. The van der Waals surface area contributed by atoms with Crippen LogP contribution in [-0.2, 0) is 0 Å². The maximum atomic E-state index is 10.6. The smallest absolute Gasteiger partial charge is 0.0802 e. The second-order valence-electron chi connectivity index (χ2n) is 7.55. The molecule has 2 aromatic rings. The average Bonchev–Trinajstić information content (AvgIpc) is 2.92. The Labute approximate surface area is 151 Å². The summed E-state index contributed by atoms with van der Waals surface area (Å²) in [7, 11) is 0. The molecule has 1 aliphatic heterocycles.